The topological polar surface area (TPSA) is 44.1 Å². The molecule has 0 radical (unpaired) electrons. The number of hydrogen-bond donors (Lipinski definition) is 0. The molecule has 1 aromatic carbocycles. The van der Waals surface area contributed by atoms with Crippen LogP contribution in [0.2, 0.25) is 0 Å². The molecule has 1 amide bonds. The maximum absolute atomic E-state index is 12.1. The van der Waals surface area contributed by atoms with E-state index >= 15 is 0 Å². The molecule has 0 N–H and O–H groups in total. The van der Waals surface area contributed by atoms with Crippen LogP contribution in [0.5, 0.6) is 0 Å². The Bertz CT molecular complexity index is 453. The second-order valence-electron chi connectivity index (χ2n) is 4.14. The predicted molar refractivity (Wildman–Crippen MR) is 61.0 cm³/mol. The highest BCUT2D eigenvalue weighted by Crippen LogP contribution is 2.16. The molecular formula is C13H14N2O. The Balaban J connectivity index is 2.27. The van der Waals surface area contributed by atoms with Crippen molar-refractivity contribution in [3.63, 3.8) is 0 Å². The lowest BCUT2D eigenvalue weighted by Crippen LogP contribution is -2.28. The van der Waals surface area contributed by atoms with Crippen LogP contribution < -0.4 is 0 Å². The van der Waals surface area contributed by atoms with Gasteiger partial charge in [0.2, 0.25) is 0 Å². The molecule has 3 heteroatoms. The number of benzene rings is 1. The Morgan fingerprint density at radius 1 is 1.38 bits per heavy atom. The molecule has 0 atom stereocenters. The van der Waals surface area contributed by atoms with Crippen LogP contribution in [-0.2, 0) is 0 Å². The predicted octanol–water partition coefficient (Wildman–Crippen LogP) is 2.10. The van der Waals surface area contributed by atoms with Crippen molar-refractivity contribution < 1.29 is 4.79 Å². The van der Waals surface area contributed by atoms with Crippen LogP contribution in [0.1, 0.15) is 34.3 Å². The number of likely N-dealkylation sites (tertiary alicyclic amines) is 1. The van der Waals surface area contributed by atoms with Crippen molar-refractivity contribution in [1.29, 1.82) is 5.26 Å². The third-order valence-corrected chi connectivity index (χ3v) is 2.98. The number of hydrogen-bond acceptors (Lipinski definition) is 2. The molecule has 1 fully saturated rings. The lowest BCUT2D eigenvalue weighted by atomic mass is 10.0. The molecule has 1 heterocycles. The minimum atomic E-state index is 0.0967. The van der Waals surface area contributed by atoms with Crippen LogP contribution in [-0.4, -0.2) is 23.9 Å². The second-order valence-corrected chi connectivity index (χ2v) is 4.14. The first-order valence-electron chi connectivity index (χ1n) is 5.52. The van der Waals surface area contributed by atoms with E-state index in [-0.39, 0.29) is 5.91 Å². The maximum Gasteiger partial charge on any atom is 0.254 e. The van der Waals surface area contributed by atoms with Crippen LogP contribution in [0.15, 0.2) is 18.2 Å². The fourth-order valence-electron chi connectivity index (χ4n) is 2.06. The summed E-state index contributed by atoms with van der Waals surface area (Å²) in [6.45, 7) is 3.60. The average Bonchev–Trinajstić information content (AvgIpc) is 2.81. The molecule has 0 saturated carbocycles. The Morgan fingerprint density at radius 2 is 2.06 bits per heavy atom. The largest absolute Gasteiger partial charge is 0.339 e. The number of aryl methyl sites for hydroxylation is 1. The summed E-state index contributed by atoms with van der Waals surface area (Å²) in [6.07, 6.45) is 2.20. The monoisotopic (exact) mass is 214 g/mol. The van der Waals surface area contributed by atoms with Gasteiger partial charge in [-0.3, -0.25) is 4.79 Å². The molecule has 16 heavy (non-hydrogen) atoms. The summed E-state index contributed by atoms with van der Waals surface area (Å²) in [5, 5.41) is 8.76. The summed E-state index contributed by atoms with van der Waals surface area (Å²) in [4.78, 5) is 14.0. The van der Waals surface area contributed by atoms with Crippen LogP contribution in [0.3, 0.4) is 0 Å². The zero-order valence-electron chi connectivity index (χ0n) is 9.36. The summed E-state index contributed by atoms with van der Waals surface area (Å²) in [5.74, 6) is 0.0967. The normalized spacial score (nSPS) is 14.9. The van der Waals surface area contributed by atoms with E-state index in [1.165, 1.54) is 0 Å². The second kappa shape index (κ2) is 4.36. The summed E-state index contributed by atoms with van der Waals surface area (Å²) >= 11 is 0. The van der Waals surface area contributed by atoms with Crippen molar-refractivity contribution in [3.05, 3.63) is 34.9 Å². The number of rotatable bonds is 1. The fourth-order valence-corrected chi connectivity index (χ4v) is 2.06. The first kappa shape index (κ1) is 10.7. The van der Waals surface area contributed by atoms with Gasteiger partial charge >= 0.3 is 0 Å². The van der Waals surface area contributed by atoms with Crippen molar-refractivity contribution in [3.8, 4) is 6.07 Å². The van der Waals surface area contributed by atoms with Gasteiger partial charge in [-0.05, 0) is 43.5 Å². The molecule has 0 aliphatic carbocycles. The molecule has 1 aromatic rings. The summed E-state index contributed by atoms with van der Waals surface area (Å²) < 4.78 is 0. The van der Waals surface area contributed by atoms with Gasteiger partial charge in [0.15, 0.2) is 0 Å². The van der Waals surface area contributed by atoms with Crippen molar-refractivity contribution in [2.75, 3.05) is 13.1 Å². The Kier molecular flexibility index (Phi) is 2.91. The number of nitrogens with zero attached hydrogens (tertiary/aromatic N) is 2. The van der Waals surface area contributed by atoms with E-state index in [1.54, 1.807) is 18.2 Å². The van der Waals surface area contributed by atoms with Crippen molar-refractivity contribution in [2.45, 2.75) is 19.8 Å². The minimum absolute atomic E-state index is 0.0967. The first-order chi connectivity index (χ1) is 7.72. The van der Waals surface area contributed by atoms with E-state index in [1.807, 2.05) is 11.8 Å². The van der Waals surface area contributed by atoms with Gasteiger partial charge in [-0.1, -0.05) is 0 Å². The lowest BCUT2D eigenvalue weighted by Gasteiger charge is -2.16. The van der Waals surface area contributed by atoms with Gasteiger partial charge in [-0.25, -0.2) is 0 Å². The minimum Gasteiger partial charge on any atom is -0.339 e. The Morgan fingerprint density at radius 3 is 2.62 bits per heavy atom. The number of carbonyl (C=O) groups excluding carboxylic acids is 1. The number of amides is 1. The molecule has 1 aliphatic rings. The fraction of sp³-hybridized carbons (Fsp3) is 0.385. The average molecular weight is 214 g/mol. The SMILES string of the molecule is Cc1cc(C#N)ccc1C(=O)N1CCCC1. The van der Waals surface area contributed by atoms with E-state index < -0.39 is 0 Å². The molecule has 0 unspecified atom stereocenters. The molecule has 3 nitrogen and oxygen atoms in total. The standard InChI is InChI=1S/C13H14N2O/c1-10-8-11(9-14)4-5-12(10)13(16)15-6-2-3-7-15/h4-5,8H,2-3,6-7H2,1H3. The third kappa shape index (κ3) is 1.92. The number of nitriles is 1. The lowest BCUT2D eigenvalue weighted by molar-refractivity contribution is 0.0792. The van der Waals surface area contributed by atoms with Crippen molar-refractivity contribution >= 4 is 5.91 Å². The number of carbonyl (C=O) groups is 1. The zero-order chi connectivity index (χ0) is 11.5. The van der Waals surface area contributed by atoms with E-state index in [9.17, 15) is 4.79 Å². The smallest absolute Gasteiger partial charge is 0.254 e. The van der Waals surface area contributed by atoms with E-state index in [0.29, 0.717) is 5.56 Å². The van der Waals surface area contributed by atoms with E-state index in [4.69, 9.17) is 5.26 Å². The highest BCUT2D eigenvalue weighted by Gasteiger charge is 2.20. The summed E-state index contributed by atoms with van der Waals surface area (Å²) in [5.41, 5.74) is 2.22. The highest BCUT2D eigenvalue weighted by molar-refractivity contribution is 5.95. The quantitative estimate of drug-likeness (QED) is 0.718. The molecule has 1 saturated heterocycles. The van der Waals surface area contributed by atoms with E-state index in [2.05, 4.69) is 6.07 Å². The van der Waals surface area contributed by atoms with Gasteiger partial charge in [0.25, 0.3) is 5.91 Å². The van der Waals surface area contributed by atoms with Crippen molar-refractivity contribution in [2.24, 2.45) is 0 Å². The molecular weight excluding hydrogens is 200 g/mol. The van der Waals surface area contributed by atoms with Crippen LogP contribution in [0.4, 0.5) is 0 Å². The third-order valence-electron chi connectivity index (χ3n) is 2.98. The molecule has 0 spiro atoms. The van der Waals surface area contributed by atoms with Crippen LogP contribution in [0, 0.1) is 18.3 Å². The van der Waals surface area contributed by atoms with E-state index in [0.717, 1.165) is 37.1 Å². The van der Waals surface area contributed by atoms with Gasteiger partial charge < -0.3 is 4.90 Å². The first-order valence-corrected chi connectivity index (χ1v) is 5.52. The Labute approximate surface area is 95.3 Å². The van der Waals surface area contributed by atoms with Gasteiger partial charge in [-0.15, -0.1) is 0 Å². The van der Waals surface area contributed by atoms with Crippen LogP contribution >= 0.6 is 0 Å². The highest BCUT2D eigenvalue weighted by atomic mass is 16.2. The molecule has 2 rings (SSSR count). The van der Waals surface area contributed by atoms with Gasteiger partial charge in [-0.2, -0.15) is 5.26 Å². The van der Waals surface area contributed by atoms with Crippen LogP contribution in [0.25, 0.3) is 0 Å². The molecule has 0 aromatic heterocycles. The van der Waals surface area contributed by atoms with Gasteiger partial charge in [0.1, 0.15) is 0 Å². The summed E-state index contributed by atoms with van der Waals surface area (Å²) in [7, 11) is 0. The van der Waals surface area contributed by atoms with Gasteiger partial charge in [0, 0.05) is 18.7 Å². The Hall–Kier alpha value is -1.82. The maximum atomic E-state index is 12.1. The summed E-state index contributed by atoms with van der Waals surface area (Å²) in [6, 6.07) is 7.31. The molecule has 0 bridgehead atoms. The molecule has 82 valence electrons. The van der Waals surface area contributed by atoms with Gasteiger partial charge in [0.05, 0.1) is 11.6 Å². The van der Waals surface area contributed by atoms with Crippen molar-refractivity contribution in [1.82, 2.24) is 4.90 Å². The zero-order valence-corrected chi connectivity index (χ0v) is 9.36. The molecule has 1 aliphatic heterocycles.